The first-order chi connectivity index (χ1) is 14.4. The molecule has 0 aliphatic heterocycles. The van der Waals surface area contributed by atoms with Crippen LogP contribution in [-0.4, -0.2) is 45.5 Å². The number of methoxy groups -OCH3 is 1. The molecule has 2 aromatic heterocycles. The summed E-state index contributed by atoms with van der Waals surface area (Å²) >= 11 is 2.61. The van der Waals surface area contributed by atoms with Crippen LogP contribution < -0.4 is 16.6 Å². The predicted molar refractivity (Wildman–Crippen MR) is 118 cm³/mol. The zero-order valence-electron chi connectivity index (χ0n) is 16.6. The van der Waals surface area contributed by atoms with E-state index in [2.05, 4.69) is 20.0 Å². The first kappa shape index (κ1) is 21.8. The van der Waals surface area contributed by atoms with Crippen LogP contribution in [0.4, 0.5) is 5.13 Å². The molecule has 11 heteroatoms. The number of hydrogen-bond acceptors (Lipinski definition) is 8. The van der Waals surface area contributed by atoms with Gasteiger partial charge in [0.05, 0.1) is 18.0 Å². The van der Waals surface area contributed by atoms with Gasteiger partial charge in [-0.25, -0.2) is 19.1 Å². The first-order valence-electron chi connectivity index (χ1n) is 8.96. The molecule has 2 N–H and O–H groups in total. The summed E-state index contributed by atoms with van der Waals surface area (Å²) in [6.45, 7) is 1.68. The summed E-state index contributed by atoms with van der Waals surface area (Å²) in [6, 6.07) is 5.59. The van der Waals surface area contributed by atoms with E-state index in [1.165, 1.54) is 18.9 Å². The zero-order chi connectivity index (χ0) is 21.8. The van der Waals surface area contributed by atoms with E-state index in [1.807, 2.05) is 6.26 Å². The standard InChI is InChI=1S/C19H20N4O5S2/c1-10-14(17(26)28-2)21-18(30-10)22-15(24)13(8-9-29-3)23-16(25)11-6-4-5-7-12(11)20-19(23)27/h4-7,13H,8-9H2,1-3H3,(H,20,27)(H,21,22,24). The molecular weight excluding hydrogens is 428 g/mol. The Morgan fingerprint density at radius 2 is 2.07 bits per heavy atom. The maximum absolute atomic E-state index is 13.0. The quantitative estimate of drug-likeness (QED) is 0.531. The summed E-state index contributed by atoms with van der Waals surface area (Å²) < 4.78 is 5.62. The van der Waals surface area contributed by atoms with Crippen LogP contribution in [0.25, 0.3) is 10.9 Å². The molecule has 0 saturated carbocycles. The smallest absolute Gasteiger partial charge is 0.357 e. The minimum absolute atomic E-state index is 0.110. The Hall–Kier alpha value is -2.92. The third kappa shape index (κ3) is 4.31. The molecule has 0 aliphatic carbocycles. The lowest BCUT2D eigenvalue weighted by molar-refractivity contribution is -0.119. The van der Waals surface area contributed by atoms with Gasteiger partial charge >= 0.3 is 11.7 Å². The van der Waals surface area contributed by atoms with Gasteiger partial charge in [-0.2, -0.15) is 11.8 Å². The zero-order valence-corrected chi connectivity index (χ0v) is 18.2. The lowest BCUT2D eigenvalue weighted by Crippen LogP contribution is -2.43. The number of benzene rings is 1. The molecule has 0 radical (unpaired) electrons. The van der Waals surface area contributed by atoms with E-state index in [9.17, 15) is 19.2 Å². The molecule has 30 heavy (non-hydrogen) atoms. The van der Waals surface area contributed by atoms with Crippen LogP contribution >= 0.6 is 23.1 Å². The van der Waals surface area contributed by atoms with E-state index in [-0.39, 0.29) is 17.2 Å². The second kappa shape index (κ2) is 9.26. The first-order valence-corrected chi connectivity index (χ1v) is 11.2. The maximum atomic E-state index is 13.0. The van der Waals surface area contributed by atoms with Crippen LogP contribution in [0.5, 0.6) is 0 Å². The molecule has 1 unspecified atom stereocenters. The van der Waals surface area contributed by atoms with Crippen molar-refractivity contribution in [3.05, 3.63) is 55.7 Å². The maximum Gasteiger partial charge on any atom is 0.357 e. The van der Waals surface area contributed by atoms with Gasteiger partial charge in [-0.05, 0) is 37.5 Å². The van der Waals surface area contributed by atoms with E-state index in [0.717, 1.165) is 15.9 Å². The van der Waals surface area contributed by atoms with Gasteiger partial charge in [-0.3, -0.25) is 9.59 Å². The highest BCUT2D eigenvalue weighted by Crippen LogP contribution is 2.24. The van der Waals surface area contributed by atoms with Crippen molar-refractivity contribution in [2.45, 2.75) is 19.4 Å². The summed E-state index contributed by atoms with van der Waals surface area (Å²) in [5.74, 6) is -0.608. The van der Waals surface area contributed by atoms with Crippen LogP contribution in [0.15, 0.2) is 33.9 Å². The molecule has 158 valence electrons. The molecule has 0 spiro atoms. The average molecular weight is 449 g/mol. The summed E-state index contributed by atoms with van der Waals surface area (Å²) in [6.07, 6.45) is 2.14. The SMILES string of the molecule is COC(=O)c1nc(NC(=O)C(CCSC)n2c(=O)[nH]c3ccccc3c2=O)sc1C. The minimum Gasteiger partial charge on any atom is -0.464 e. The summed E-state index contributed by atoms with van der Waals surface area (Å²) in [5, 5.41) is 3.14. The lowest BCUT2D eigenvalue weighted by Gasteiger charge is -2.18. The number of anilines is 1. The highest BCUT2D eigenvalue weighted by Gasteiger charge is 2.26. The molecule has 1 amide bonds. The Balaban J connectivity index is 2.00. The fourth-order valence-corrected chi connectivity index (χ4v) is 4.25. The highest BCUT2D eigenvalue weighted by atomic mass is 32.2. The van der Waals surface area contributed by atoms with Crippen LogP contribution in [-0.2, 0) is 9.53 Å². The van der Waals surface area contributed by atoms with Gasteiger partial charge in [-0.15, -0.1) is 11.3 Å². The monoisotopic (exact) mass is 448 g/mol. The molecule has 9 nitrogen and oxygen atoms in total. The Kier molecular flexibility index (Phi) is 6.73. The van der Waals surface area contributed by atoms with E-state index in [1.54, 1.807) is 31.2 Å². The number of H-pyrrole nitrogens is 1. The molecule has 3 aromatic rings. The van der Waals surface area contributed by atoms with Crippen LogP contribution in [0, 0.1) is 6.92 Å². The number of aryl methyl sites for hydroxylation is 1. The van der Waals surface area contributed by atoms with Crippen molar-refractivity contribution in [1.82, 2.24) is 14.5 Å². The number of nitrogens with zero attached hydrogens (tertiary/aromatic N) is 2. The second-order valence-electron chi connectivity index (χ2n) is 6.35. The third-order valence-electron chi connectivity index (χ3n) is 4.45. The number of thioether (sulfide) groups is 1. The van der Waals surface area contributed by atoms with Gasteiger partial charge in [0.2, 0.25) is 5.91 Å². The predicted octanol–water partition coefficient (Wildman–Crippen LogP) is 2.17. The lowest BCUT2D eigenvalue weighted by atomic mass is 10.2. The molecule has 0 saturated heterocycles. The Morgan fingerprint density at radius 1 is 1.33 bits per heavy atom. The van der Waals surface area contributed by atoms with E-state index < -0.39 is 29.2 Å². The molecule has 0 fully saturated rings. The molecule has 2 heterocycles. The topological polar surface area (TPSA) is 123 Å². The fraction of sp³-hybridized carbons (Fsp3) is 0.316. The molecule has 0 aliphatic rings. The van der Waals surface area contributed by atoms with Gasteiger partial charge in [0.15, 0.2) is 10.8 Å². The fourth-order valence-electron chi connectivity index (χ4n) is 2.99. The van der Waals surface area contributed by atoms with Gasteiger partial charge in [-0.1, -0.05) is 12.1 Å². The van der Waals surface area contributed by atoms with Crippen LogP contribution in [0.3, 0.4) is 0 Å². The van der Waals surface area contributed by atoms with Gasteiger partial charge in [0, 0.05) is 4.88 Å². The summed E-state index contributed by atoms with van der Waals surface area (Å²) in [5.41, 5.74) is -0.683. The van der Waals surface area contributed by atoms with Crippen molar-refractivity contribution >= 4 is 51.0 Å². The molecule has 3 rings (SSSR count). The van der Waals surface area contributed by atoms with Crippen molar-refractivity contribution in [1.29, 1.82) is 0 Å². The molecule has 0 bridgehead atoms. The number of fused-ring (bicyclic) bond motifs is 1. The second-order valence-corrected chi connectivity index (χ2v) is 8.54. The number of aromatic amines is 1. The number of carbonyl (C=O) groups excluding carboxylic acids is 2. The number of carbonyl (C=O) groups is 2. The van der Waals surface area contributed by atoms with Gasteiger partial charge in [0.1, 0.15) is 6.04 Å². The number of nitrogens with one attached hydrogen (secondary N) is 2. The Morgan fingerprint density at radius 3 is 2.77 bits per heavy atom. The van der Waals surface area contributed by atoms with Crippen molar-refractivity contribution in [2.75, 3.05) is 24.4 Å². The minimum atomic E-state index is -1.04. The van der Waals surface area contributed by atoms with Crippen molar-refractivity contribution in [2.24, 2.45) is 0 Å². The van der Waals surface area contributed by atoms with Crippen LogP contribution in [0.1, 0.15) is 27.8 Å². The van der Waals surface area contributed by atoms with Gasteiger partial charge < -0.3 is 15.0 Å². The van der Waals surface area contributed by atoms with Crippen molar-refractivity contribution in [3.8, 4) is 0 Å². The number of rotatable bonds is 7. The highest BCUT2D eigenvalue weighted by molar-refractivity contribution is 7.98. The van der Waals surface area contributed by atoms with E-state index in [4.69, 9.17) is 0 Å². The Bertz CT molecular complexity index is 1210. The number of ether oxygens (including phenoxy) is 1. The van der Waals surface area contributed by atoms with Crippen molar-refractivity contribution < 1.29 is 14.3 Å². The average Bonchev–Trinajstić information content (AvgIpc) is 3.09. The van der Waals surface area contributed by atoms with Crippen molar-refractivity contribution in [3.63, 3.8) is 0 Å². The third-order valence-corrected chi connectivity index (χ3v) is 5.98. The molecule has 1 aromatic carbocycles. The molecular formula is C19H20N4O5S2. The Labute approximate surface area is 179 Å². The number of thiazole rings is 1. The largest absolute Gasteiger partial charge is 0.464 e. The summed E-state index contributed by atoms with van der Waals surface area (Å²) in [4.78, 5) is 57.8. The van der Waals surface area contributed by atoms with Crippen LogP contribution in [0.2, 0.25) is 0 Å². The number of amides is 1. The normalized spacial score (nSPS) is 12.0. The number of para-hydroxylation sites is 1. The van der Waals surface area contributed by atoms with E-state index >= 15 is 0 Å². The molecule has 1 atom stereocenters. The summed E-state index contributed by atoms with van der Waals surface area (Å²) in [7, 11) is 1.25. The number of aromatic nitrogens is 3. The number of hydrogen-bond donors (Lipinski definition) is 2. The van der Waals surface area contributed by atoms with E-state index in [0.29, 0.717) is 21.5 Å². The van der Waals surface area contributed by atoms with Gasteiger partial charge in [0.25, 0.3) is 5.56 Å². The number of esters is 1.